The third-order valence-corrected chi connectivity index (χ3v) is 6.42. The zero-order valence-corrected chi connectivity index (χ0v) is 19.0. The summed E-state index contributed by atoms with van der Waals surface area (Å²) in [6.07, 6.45) is 2.07. The first-order valence-corrected chi connectivity index (χ1v) is 11.1. The van der Waals surface area contributed by atoms with Crippen LogP contribution in [0.4, 0.5) is 0 Å². The first kappa shape index (κ1) is 21.0. The summed E-state index contributed by atoms with van der Waals surface area (Å²) in [5.41, 5.74) is 4.13. The van der Waals surface area contributed by atoms with Crippen LogP contribution < -0.4 is 0 Å². The first-order valence-electron chi connectivity index (χ1n) is 10.7. The second-order valence-electron chi connectivity index (χ2n) is 8.31. The van der Waals surface area contributed by atoms with Gasteiger partial charge in [0.15, 0.2) is 4.77 Å². The van der Waals surface area contributed by atoms with E-state index in [1.165, 1.54) is 16.7 Å². The van der Waals surface area contributed by atoms with Crippen LogP contribution >= 0.6 is 12.2 Å². The van der Waals surface area contributed by atoms with Crippen LogP contribution in [0.15, 0.2) is 54.6 Å². The number of hydrogen-bond acceptors (Lipinski definition) is 4. The Hall–Kier alpha value is -2.28. The molecule has 5 nitrogen and oxygen atoms in total. The van der Waals surface area contributed by atoms with Gasteiger partial charge in [-0.1, -0.05) is 61.5 Å². The molecule has 0 aliphatic carbocycles. The second-order valence-corrected chi connectivity index (χ2v) is 8.68. The number of fused-ring (bicyclic) bond motifs is 1. The van der Waals surface area contributed by atoms with E-state index in [0.717, 1.165) is 49.7 Å². The van der Waals surface area contributed by atoms with Crippen LogP contribution in [0.5, 0.6) is 0 Å². The first-order chi connectivity index (χ1) is 14.6. The Kier molecular flexibility index (Phi) is 6.46. The van der Waals surface area contributed by atoms with Crippen LogP contribution in [0.25, 0.3) is 0 Å². The van der Waals surface area contributed by atoms with Crippen LogP contribution in [0.1, 0.15) is 41.9 Å². The molecule has 0 radical (unpaired) electrons. The second kappa shape index (κ2) is 9.25. The van der Waals surface area contributed by atoms with Gasteiger partial charge < -0.3 is 0 Å². The molecule has 2 heterocycles. The highest BCUT2D eigenvalue weighted by atomic mass is 32.1. The summed E-state index contributed by atoms with van der Waals surface area (Å²) >= 11 is 5.93. The van der Waals surface area contributed by atoms with E-state index >= 15 is 0 Å². The van der Waals surface area contributed by atoms with Gasteiger partial charge in [0.05, 0.1) is 19.3 Å². The van der Waals surface area contributed by atoms with E-state index in [0.29, 0.717) is 0 Å². The summed E-state index contributed by atoms with van der Waals surface area (Å²) in [7, 11) is 4.23. The normalized spacial score (nSPS) is 15.3. The van der Waals surface area contributed by atoms with Crippen LogP contribution in [-0.4, -0.2) is 44.8 Å². The van der Waals surface area contributed by atoms with Crippen molar-refractivity contribution >= 4 is 12.2 Å². The molecule has 0 unspecified atom stereocenters. The smallest absolute Gasteiger partial charge is 0.199 e. The lowest BCUT2D eigenvalue weighted by Gasteiger charge is -2.28. The monoisotopic (exact) mass is 421 g/mol. The maximum atomic E-state index is 5.93. The zero-order chi connectivity index (χ0) is 21.1. The average Bonchev–Trinajstić information content (AvgIpc) is 3.04. The van der Waals surface area contributed by atoms with Gasteiger partial charge in [-0.25, -0.2) is 4.68 Å². The lowest BCUT2D eigenvalue weighted by molar-refractivity contribution is 0.186. The number of nitrogens with zero attached hydrogens (tertiary/aromatic N) is 5. The molecule has 6 heteroatoms. The third kappa shape index (κ3) is 4.41. The molecule has 30 heavy (non-hydrogen) atoms. The predicted molar refractivity (Wildman–Crippen MR) is 124 cm³/mol. The van der Waals surface area contributed by atoms with E-state index in [2.05, 4.69) is 90.0 Å². The molecule has 0 saturated carbocycles. The van der Waals surface area contributed by atoms with Gasteiger partial charge in [-0.15, -0.1) is 0 Å². The van der Waals surface area contributed by atoms with Gasteiger partial charge >= 0.3 is 0 Å². The molecule has 2 aromatic carbocycles. The van der Waals surface area contributed by atoms with E-state index in [-0.39, 0.29) is 6.04 Å². The summed E-state index contributed by atoms with van der Waals surface area (Å²) in [5, 5.41) is 5.04. The van der Waals surface area contributed by atoms with Gasteiger partial charge in [-0.2, -0.15) is 5.10 Å². The Morgan fingerprint density at radius 1 is 1.03 bits per heavy atom. The van der Waals surface area contributed by atoms with Crippen molar-refractivity contribution in [1.82, 2.24) is 24.1 Å². The molecule has 1 aliphatic rings. The number of hydrogen-bond donors (Lipinski definition) is 0. The van der Waals surface area contributed by atoms with Gasteiger partial charge in [0.2, 0.25) is 0 Å². The summed E-state index contributed by atoms with van der Waals surface area (Å²) in [4.78, 5) is 4.68. The number of benzene rings is 2. The van der Waals surface area contributed by atoms with Crippen molar-refractivity contribution in [2.45, 2.75) is 45.6 Å². The zero-order valence-electron chi connectivity index (χ0n) is 18.2. The highest BCUT2D eigenvalue weighted by Gasteiger charge is 2.23. The Morgan fingerprint density at radius 3 is 2.43 bits per heavy atom. The predicted octanol–water partition coefficient (Wildman–Crippen LogP) is 4.49. The molecule has 1 aromatic heterocycles. The molecule has 0 N–H and O–H groups in total. The molecule has 1 atom stereocenters. The highest BCUT2D eigenvalue weighted by Crippen LogP contribution is 2.23. The fraction of sp³-hybridized carbons (Fsp3) is 0.417. The molecule has 1 aliphatic heterocycles. The van der Waals surface area contributed by atoms with Crippen LogP contribution in [0.2, 0.25) is 0 Å². The van der Waals surface area contributed by atoms with Crippen molar-refractivity contribution in [3.63, 3.8) is 0 Å². The Morgan fingerprint density at radius 2 is 1.73 bits per heavy atom. The van der Waals surface area contributed by atoms with Crippen molar-refractivity contribution < 1.29 is 0 Å². The quantitative estimate of drug-likeness (QED) is 0.526. The molecular weight excluding hydrogens is 390 g/mol. The molecule has 0 bridgehead atoms. The van der Waals surface area contributed by atoms with E-state index < -0.39 is 0 Å². The van der Waals surface area contributed by atoms with Crippen LogP contribution in [0.3, 0.4) is 0 Å². The lowest BCUT2D eigenvalue weighted by atomic mass is 10.0. The molecule has 3 aromatic rings. The van der Waals surface area contributed by atoms with Gasteiger partial charge in [0.1, 0.15) is 5.82 Å². The Balaban J connectivity index is 1.64. The fourth-order valence-corrected chi connectivity index (χ4v) is 4.61. The van der Waals surface area contributed by atoms with Crippen molar-refractivity contribution in [2.24, 2.45) is 0 Å². The van der Waals surface area contributed by atoms with E-state index in [9.17, 15) is 0 Å². The van der Waals surface area contributed by atoms with Crippen LogP contribution in [-0.2, 0) is 26.2 Å². The number of rotatable bonds is 7. The maximum absolute atomic E-state index is 5.93. The van der Waals surface area contributed by atoms with E-state index in [1.54, 1.807) is 0 Å². The standard InChI is InChI=1S/C24H31N5S/c1-4-22(26(2)3)23-25-29(24(30)28(23)16-19-10-6-5-7-11-19)18-27-15-14-20-12-8-9-13-21(20)17-27/h5-13,22H,4,14-18H2,1-3H3/t22-/m0/s1. The van der Waals surface area contributed by atoms with E-state index in [4.69, 9.17) is 17.3 Å². The van der Waals surface area contributed by atoms with Crippen molar-refractivity contribution in [3.8, 4) is 0 Å². The highest BCUT2D eigenvalue weighted by molar-refractivity contribution is 7.71. The van der Waals surface area contributed by atoms with Crippen molar-refractivity contribution in [1.29, 1.82) is 0 Å². The Bertz CT molecular complexity index is 1040. The SMILES string of the molecule is CC[C@@H](c1nn(CN2CCc3ccccc3C2)c(=S)n1Cc1ccccc1)N(C)C. The maximum Gasteiger partial charge on any atom is 0.199 e. The minimum absolute atomic E-state index is 0.235. The molecule has 158 valence electrons. The van der Waals surface area contributed by atoms with Gasteiger partial charge in [0, 0.05) is 13.1 Å². The fourth-order valence-electron chi connectivity index (χ4n) is 4.35. The number of aromatic nitrogens is 3. The molecule has 0 saturated heterocycles. The summed E-state index contributed by atoms with van der Waals surface area (Å²) in [6, 6.07) is 19.5. The lowest BCUT2D eigenvalue weighted by Crippen LogP contribution is -2.32. The topological polar surface area (TPSA) is 29.2 Å². The van der Waals surface area contributed by atoms with Crippen molar-refractivity contribution in [2.75, 3.05) is 20.6 Å². The minimum atomic E-state index is 0.235. The largest absolute Gasteiger partial charge is 0.300 e. The average molecular weight is 422 g/mol. The summed E-state index contributed by atoms with van der Waals surface area (Å²) in [5.74, 6) is 1.05. The molecule has 0 amide bonds. The van der Waals surface area contributed by atoms with Crippen molar-refractivity contribution in [3.05, 3.63) is 81.9 Å². The molecule has 0 fully saturated rings. The molecule has 0 spiro atoms. The Labute approximate surface area is 184 Å². The van der Waals surface area contributed by atoms with E-state index in [1.807, 2.05) is 4.68 Å². The van der Waals surface area contributed by atoms with Gasteiger partial charge in [-0.05, 0) is 55.8 Å². The van der Waals surface area contributed by atoms with Crippen LogP contribution in [0, 0.1) is 4.77 Å². The van der Waals surface area contributed by atoms with Gasteiger partial charge in [0.25, 0.3) is 0 Å². The molecular formula is C24H31N5S. The minimum Gasteiger partial charge on any atom is -0.300 e. The summed E-state index contributed by atoms with van der Waals surface area (Å²) in [6.45, 7) is 5.67. The van der Waals surface area contributed by atoms with Gasteiger partial charge in [-0.3, -0.25) is 14.4 Å². The third-order valence-electron chi connectivity index (χ3n) is 5.99. The molecule has 4 rings (SSSR count). The summed E-state index contributed by atoms with van der Waals surface area (Å²) < 4.78 is 5.04.